The molecule has 2 heterocycles. The third-order valence-corrected chi connectivity index (χ3v) is 5.93. The molecule has 6 nitrogen and oxygen atoms in total. The van der Waals surface area contributed by atoms with Gasteiger partial charge in [-0.15, -0.1) is 0 Å². The summed E-state index contributed by atoms with van der Waals surface area (Å²) in [5, 5.41) is 3.55. The number of ether oxygens (including phenoxy) is 3. The van der Waals surface area contributed by atoms with Gasteiger partial charge in [0, 0.05) is 45.8 Å². The first-order valence-corrected chi connectivity index (χ1v) is 10.2. The minimum absolute atomic E-state index is 0.0775. The van der Waals surface area contributed by atoms with Crippen molar-refractivity contribution in [3.8, 4) is 11.5 Å². The van der Waals surface area contributed by atoms with Crippen LogP contribution >= 0.6 is 0 Å². The zero-order chi connectivity index (χ0) is 21.0. The fourth-order valence-corrected chi connectivity index (χ4v) is 4.13. The van der Waals surface area contributed by atoms with Gasteiger partial charge in [-0.25, -0.2) is 4.39 Å². The molecule has 2 aromatic carbocycles. The van der Waals surface area contributed by atoms with Crippen LogP contribution in [-0.2, 0) is 16.7 Å². The fourth-order valence-electron chi connectivity index (χ4n) is 4.13. The van der Waals surface area contributed by atoms with Gasteiger partial charge in [-0.2, -0.15) is 0 Å². The van der Waals surface area contributed by atoms with Gasteiger partial charge < -0.3 is 24.4 Å². The number of nitrogens with zero attached hydrogens (tertiary/aromatic N) is 2. The summed E-state index contributed by atoms with van der Waals surface area (Å²) in [6.45, 7) is 3.09. The third-order valence-electron chi connectivity index (χ3n) is 5.93. The Morgan fingerprint density at radius 1 is 1.10 bits per heavy atom. The minimum Gasteiger partial charge on any atom is -0.454 e. The maximum absolute atomic E-state index is 13.2. The Morgan fingerprint density at radius 2 is 1.83 bits per heavy atom. The fraction of sp³-hybridized carbons (Fsp3) is 0.435. The number of fused-ring (bicyclic) bond motifs is 1. The van der Waals surface area contributed by atoms with E-state index in [1.165, 1.54) is 17.7 Å². The molecule has 1 N–H and O–H groups in total. The maximum Gasteiger partial charge on any atom is 0.231 e. The number of nitrogens with one attached hydrogen (secondary N) is 1. The lowest BCUT2D eigenvalue weighted by Gasteiger charge is -2.39. The van der Waals surface area contributed by atoms with E-state index in [0.717, 1.165) is 55.6 Å². The number of rotatable bonds is 5. The molecule has 4 rings (SSSR count). The lowest BCUT2D eigenvalue weighted by atomic mass is 9.74. The van der Waals surface area contributed by atoms with Crippen LogP contribution in [0.1, 0.15) is 24.0 Å². The average molecular weight is 413 g/mol. The molecule has 0 aliphatic carbocycles. The lowest BCUT2D eigenvalue weighted by Crippen LogP contribution is -2.48. The van der Waals surface area contributed by atoms with Gasteiger partial charge in [-0.1, -0.05) is 18.2 Å². The average Bonchev–Trinajstić information content (AvgIpc) is 3.24. The van der Waals surface area contributed by atoms with Crippen LogP contribution in [0.2, 0.25) is 0 Å². The van der Waals surface area contributed by atoms with Gasteiger partial charge in [0.1, 0.15) is 5.82 Å². The second kappa shape index (κ2) is 8.92. The van der Waals surface area contributed by atoms with Crippen molar-refractivity contribution in [1.29, 1.82) is 0 Å². The quantitative estimate of drug-likeness (QED) is 0.602. The van der Waals surface area contributed by atoms with E-state index in [0.29, 0.717) is 6.54 Å². The number of hydrogen-bond acceptors (Lipinski definition) is 4. The number of guanidine groups is 1. The van der Waals surface area contributed by atoms with E-state index in [1.54, 1.807) is 19.2 Å². The molecule has 1 fully saturated rings. The van der Waals surface area contributed by atoms with Crippen molar-refractivity contribution in [3.63, 3.8) is 0 Å². The molecule has 0 amide bonds. The van der Waals surface area contributed by atoms with E-state index >= 15 is 0 Å². The number of hydrogen-bond donors (Lipinski definition) is 1. The van der Waals surface area contributed by atoms with Crippen molar-refractivity contribution in [2.24, 2.45) is 4.99 Å². The van der Waals surface area contributed by atoms with E-state index in [9.17, 15) is 4.39 Å². The Kier molecular flexibility index (Phi) is 6.08. The van der Waals surface area contributed by atoms with E-state index in [2.05, 4.69) is 22.4 Å². The molecule has 160 valence electrons. The van der Waals surface area contributed by atoms with Crippen LogP contribution in [0.5, 0.6) is 11.5 Å². The highest BCUT2D eigenvalue weighted by molar-refractivity contribution is 5.79. The monoisotopic (exact) mass is 413 g/mol. The summed E-state index contributed by atoms with van der Waals surface area (Å²) in [7, 11) is 3.76. The maximum atomic E-state index is 13.2. The molecule has 0 radical (unpaired) electrons. The van der Waals surface area contributed by atoms with Gasteiger partial charge in [0.25, 0.3) is 0 Å². The van der Waals surface area contributed by atoms with Crippen LogP contribution in [0, 0.1) is 5.82 Å². The van der Waals surface area contributed by atoms with Gasteiger partial charge in [0.15, 0.2) is 17.5 Å². The van der Waals surface area contributed by atoms with E-state index in [4.69, 9.17) is 14.2 Å². The topological polar surface area (TPSA) is 55.3 Å². The van der Waals surface area contributed by atoms with Crippen molar-refractivity contribution in [2.45, 2.75) is 24.8 Å². The summed E-state index contributed by atoms with van der Waals surface area (Å²) in [5.74, 6) is 2.17. The number of aliphatic imine (C=N–C) groups is 1. The Labute approximate surface area is 176 Å². The normalized spacial score (nSPS) is 17.6. The zero-order valence-corrected chi connectivity index (χ0v) is 17.5. The first kappa shape index (κ1) is 20.5. The van der Waals surface area contributed by atoms with Crippen LogP contribution in [0.15, 0.2) is 47.5 Å². The molecule has 0 saturated carbocycles. The van der Waals surface area contributed by atoms with Gasteiger partial charge in [-0.3, -0.25) is 4.99 Å². The van der Waals surface area contributed by atoms with Crippen molar-refractivity contribution in [2.75, 3.05) is 40.6 Å². The van der Waals surface area contributed by atoms with Gasteiger partial charge in [0.2, 0.25) is 6.79 Å². The molecule has 0 spiro atoms. The molecular formula is C23H28FN3O3. The van der Waals surface area contributed by atoms with Crippen LogP contribution in [0.3, 0.4) is 0 Å². The second-order valence-corrected chi connectivity index (χ2v) is 7.84. The SMILES string of the molecule is CN=C(NCC1(c2ccc3c(c2)OCO3)CCOCC1)N(C)Cc1ccc(F)cc1. The molecule has 0 atom stereocenters. The lowest BCUT2D eigenvalue weighted by molar-refractivity contribution is 0.0511. The molecule has 2 aliphatic heterocycles. The van der Waals surface area contributed by atoms with Gasteiger partial charge in [0.05, 0.1) is 0 Å². The highest BCUT2D eigenvalue weighted by Gasteiger charge is 2.36. The number of halogens is 1. The molecule has 0 unspecified atom stereocenters. The summed E-state index contributed by atoms with van der Waals surface area (Å²) < 4.78 is 29.9. The molecule has 30 heavy (non-hydrogen) atoms. The summed E-state index contributed by atoms with van der Waals surface area (Å²) >= 11 is 0. The van der Waals surface area contributed by atoms with Crippen molar-refractivity contribution in [1.82, 2.24) is 10.2 Å². The highest BCUT2D eigenvalue weighted by atomic mass is 19.1. The Morgan fingerprint density at radius 3 is 2.57 bits per heavy atom. The van der Waals surface area contributed by atoms with Crippen LogP contribution in [0.25, 0.3) is 0 Å². The smallest absolute Gasteiger partial charge is 0.231 e. The molecule has 2 aliphatic rings. The van der Waals surface area contributed by atoms with Crippen LogP contribution in [0.4, 0.5) is 4.39 Å². The van der Waals surface area contributed by atoms with E-state index in [1.807, 2.05) is 18.0 Å². The number of benzene rings is 2. The molecule has 7 heteroatoms. The molecule has 0 bridgehead atoms. The van der Waals surface area contributed by atoms with Crippen molar-refractivity contribution in [3.05, 3.63) is 59.4 Å². The molecule has 2 aromatic rings. The van der Waals surface area contributed by atoms with Crippen LogP contribution < -0.4 is 14.8 Å². The first-order chi connectivity index (χ1) is 14.6. The van der Waals surface area contributed by atoms with E-state index < -0.39 is 0 Å². The van der Waals surface area contributed by atoms with Gasteiger partial charge >= 0.3 is 0 Å². The minimum atomic E-state index is -0.228. The van der Waals surface area contributed by atoms with Crippen molar-refractivity contribution >= 4 is 5.96 Å². The Balaban J connectivity index is 1.48. The first-order valence-electron chi connectivity index (χ1n) is 10.2. The summed E-state index contributed by atoms with van der Waals surface area (Å²) in [4.78, 5) is 6.49. The predicted molar refractivity (Wildman–Crippen MR) is 114 cm³/mol. The summed E-state index contributed by atoms with van der Waals surface area (Å²) in [6, 6.07) is 12.8. The Bertz CT molecular complexity index is 895. The summed E-state index contributed by atoms with van der Waals surface area (Å²) in [6.07, 6.45) is 1.83. The Hall–Kier alpha value is -2.80. The second-order valence-electron chi connectivity index (χ2n) is 7.84. The van der Waals surface area contributed by atoms with Gasteiger partial charge in [-0.05, 0) is 48.2 Å². The van der Waals surface area contributed by atoms with E-state index in [-0.39, 0.29) is 18.0 Å². The molecular weight excluding hydrogens is 385 g/mol. The highest BCUT2D eigenvalue weighted by Crippen LogP contribution is 2.40. The molecule has 0 aromatic heterocycles. The van der Waals surface area contributed by atoms with Crippen molar-refractivity contribution < 1.29 is 18.6 Å². The largest absolute Gasteiger partial charge is 0.454 e. The predicted octanol–water partition coefficient (Wildman–Crippen LogP) is 3.31. The third kappa shape index (κ3) is 4.36. The molecule has 1 saturated heterocycles. The standard InChI is InChI=1S/C23H28FN3O3/c1-25-22(27(2)14-17-3-6-19(24)7-4-17)26-15-23(9-11-28-12-10-23)18-5-8-20-21(13-18)30-16-29-20/h3-8,13H,9-12,14-16H2,1-2H3,(H,25,26). The summed E-state index contributed by atoms with van der Waals surface area (Å²) in [5.41, 5.74) is 2.17. The zero-order valence-electron chi connectivity index (χ0n) is 17.5. The van der Waals surface area contributed by atoms with Crippen LogP contribution in [-0.4, -0.2) is 51.5 Å².